The number of imide groups is 1. The van der Waals surface area contributed by atoms with Crippen molar-refractivity contribution in [3.8, 4) is 0 Å². The number of nitrogens with zero attached hydrogens (tertiary/aromatic N) is 1. The zero-order valence-electron chi connectivity index (χ0n) is 15.9. The molecule has 6 heteroatoms. The van der Waals surface area contributed by atoms with Crippen molar-refractivity contribution >= 4 is 22.9 Å². The Balaban J connectivity index is 1.74. The Morgan fingerprint density at radius 1 is 1.22 bits per heavy atom. The molecule has 1 saturated carbocycles. The lowest BCUT2D eigenvalue weighted by molar-refractivity contribution is -0.134. The molecule has 2 heterocycles. The van der Waals surface area contributed by atoms with Gasteiger partial charge in [-0.25, -0.2) is 9.59 Å². The number of carbonyl (C=O) groups is 2. The Morgan fingerprint density at radius 3 is 2.74 bits per heavy atom. The van der Waals surface area contributed by atoms with Crippen molar-refractivity contribution < 1.29 is 14.0 Å². The molecule has 1 aromatic carbocycles. The summed E-state index contributed by atoms with van der Waals surface area (Å²) in [5.74, 6) is -0.0693. The summed E-state index contributed by atoms with van der Waals surface area (Å²) < 4.78 is 5.40. The zero-order valence-corrected chi connectivity index (χ0v) is 15.9. The van der Waals surface area contributed by atoms with Crippen LogP contribution in [0, 0.1) is 19.8 Å². The predicted octanol–water partition coefficient (Wildman–Crippen LogP) is 3.41. The van der Waals surface area contributed by atoms with E-state index < -0.39 is 11.2 Å². The minimum atomic E-state index is -0.795. The number of benzene rings is 1. The van der Waals surface area contributed by atoms with Gasteiger partial charge >= 0.3 is 11.7 Å². The lowest BCUT2D eigenvalue weighted by Gasteiger charge is -2.36. The van der Waals surface area contributed by atoms with Crippen LogP contribution in [-0.4, -0.2) is 22.4 Å². The van der Waals surface area contributed by atoms with Crippen molar-refractivity contribution in [3.63, 3.8) is 0 Å². The lowest BCUT2D eigenvalue weighted by atomic mass is 9.73. The number of carbonyl (C=O) groups excluding carboxylic acids is 2. The molecule has 2 fully saturated rings. The minimum Gasteiger partial charge on any atom is -0.422 e. The molecule has 1 aliphatic carbocycles. The van der Waals surface area contributed by atoms with Gasteiger partial charge in [-0.3, -0.25) is 9.69 Å². The number of aryl methyl sites for hydroxylation is 2. The van der Waals surface area contributed by atoms with E-state index in [1.165, 1.54) is 11.0 Å². The number of rotatable bonds is 2. The van der Waals surface area contributed by atoms with Crippen LogP contribution in [0.25, 0.3) is 11.0 Å². The molecule has 2 aromatic rings. The average molecular weight is 368 g/mol. The van der Waals surface area contributed by atoms with E-state index in [0.29, 0.717) is 17.6 Å². The number of hydrogen-bond acceptors (Lipinski definition) is 4. The van der Waals surface area contributed by atoms with Gasteiger partial charge in [0, 0.05) is 11.5 Å². The smallest absolute Gasteiger partial charge is 0.336 e. The Morgan fingerprint density at radius 2 is 2.00 bits per heavy atom. The second-order valence-corrected chi connectivity index (χ2v) is 7.91. The maximum Gasteiger partial charge on any atom is 0.336 e. The second kappa shape index (κ2) is 6.22. The number of amides is 3. The fraction of sp³-hybridized carbons (Fsp3) is 0.476. The fourth-order valence-electron chi connectivity index (χ4n) is 4.46. The van der Waals surface area contributed by atoms with E-state index in [9.17, 15) is 14.4 Å². The van der Waals surface area contributed by atoms with E-state index in [1.807, 2.05) is 32.9 Å². The summed E-state index contributed by atoms with van der Waals surface area (Å²) in [7, 11) is 0. The summed E-state index contributed by atoms with van der Waals surface area (Å²) in [6.07, 6.45) is 3.61. The van der Waals surface area contributed by atoms with Crippen LogP contribution in [0.15, 0.2) is 27.4 Å². The predicted molar refractivity (Wildman–Crippen MR) is 101 cm³/mol. The normalized spacial score (nSPS) is 25.4. The Hall–Kier alpha value is -2.63. The summed E-state index contributed by atoms with van der Waals surface area (Å²) in [6.45, 7) is 5.95. The monoisotopic (exact) mass is 368 g/mol. The first-order valence-corrected chi connectivity index (χ1v) is 9.50. The third-order valence-corrected chi connectivity index (χ3v) is 6.35. The van der Waals surface area contributed by atoms with Crippen molar-refractivity contribution in [3.05, 3.63) is 45.3 Å². The highest BCUT2D eigenvalue weighted by molar-refractivity contribution is 6.07. The molecule has 1 saturated heterocycles. The third kappa shape index (κ3) is 2.66. The van der Waals surface area contributed by atoms with Crippen LogP contribution >= 0.6 is 0 Å². The molecule has 1 N–H and O–H groups in total. The van der Waals surface area contributed by atoms with Crippen LogP contribution in [0.2, 0.25) is 0 Å². The van der Waals surface area contributed by atoms with Crippen LogP contribution in [-0.2, 0) is 11.3 Å². The van der Waals surface area contributed by atoms with Crippen molar-refractivity contribution in [1.82, 2.24) is 10.2 Å². The second-order valence-electron chi connectivity index (χ2n) is 7.91. The first-order chi connectivity index (χ1) is 12.8. The van der Waals surface area contributed by atoms with Gasteiger partial charge < -0.3 is 9.73 Å². The van der Waals surface area contributed by atoms with Crippen molar-refractivity contribution in [2.75, 3.05) is 0 Å². The van der Waals surface area contributed by atoms with E-state index >= 15 is 0 Å². The molecule has 27 heavy (non-hydrogen) atoms. The average Bonchev–Trinajstić information content (AvgIpc) is 2.86. The molecule has 1 spiro atoms. The van der Waals surface area contributed by atoms with Crippen LogP contribution in [0.3, 0.4) is 0 Å². The van der Waals surface area contributed by atoms with Crippen molar-refractivity contribution in [2.45, 2.75) is 58.5 Å². The number of fused-ring (bicyclic) bond motifs is 1. The largest absolute Gasteiger partial charge is 0.422 e. The van der Waals surface area contributed by atoms with E-state index in [0.717, 1.165) is 35.8 Å². The van der Waals surface area contributed by atoms with Crippen LogP contribution in [0.1, 0.15) is 49.3 Å². The SMILES string of the molecule is Cc1ccc2c(CN3C(=O)N[C@@]4(CCCC[C@H]4C)C3=O)cc(=O)oc2c1C. The minimum absolute atomic E-state index is 0.0732. The Kier molecular flexibility index (Phi) is 4.09. The summed E-state index contributed by atoms with van der Waals surface area (Å²) in [6, 6.07) is 4.84. The van der Waals surface area contributed by atoms with E-state index in [2.05, 4.69) is 5.32 Å². The highest BCUT2D eigenvalue weighted by Crippen LogP contribution is 2.39. The summed E-state index contributed by atoms with van der Waals surface area (Å²) in [5.41, 5.74) is 1.79. The maximum absolute atomic E-state index is 13.2. The van der Waals surface area contributed by atoms with E-state index in [4.69, 9.17) is 4.42 Å². The van der Waals surface area contributed by atoms with Gasteiger partial charge in [-0.15, -0.1) is 0 Å². The molecular formula is C21H24N2O4. The number of urea groups is 1. The molecule has 142 valence electrons. The first-order valence-electron chi connectivity index (χ1n) is 9.50. The van der Waals surface area contributed by atoms with Crippen LogP contribution < -0.4 is 10.9 Å². The molecule has 0 bridgehead atoms. The van der Waals surface area contributed by atoms with Gasteiger partial charge in [0.25, 0.3) is 5.91 Å². The maximum atomic E-state index is 13.2. The van der Waals surface area contributed by atoms with E-state index in [1.54, 1.807) is 0 Å². The highest BCUT2D eigenvalue weighted by atomic mass is 16.4. The van der Waals surface area contributed by atoms with Gasteiger partial charge in [0.1, 0.15) is 11.1 Å². The number of nitrogens with one attached hydrogen (secondary N) is 1. The summed E-state index contributed by atoms with van der Waals surface area (Å²) in [4.78, 5) is 39.2. The number of hydrogen-bond donors (Lipinski definition) is 1. The molecule has 1 aliphatic heterocycles. The van der Waals surface area contributed by atoms with Crippen molar-refractivity contribution in [1.29, 1.82) is 0 Å². The quantitative estimate of drug-likeness (QED) is 0.651. The topological polar surface area (TPSA) is 79.6 Å². The summed E-state index contributed by atoms with van der Waals surface area (Å²) in [5, 5.41) is 3.72. The van der Waals surface area contributed by atoms with Gasteiger partial charge in [-0.1, -0.05) is 31.9 Å². The van der Waals surface area contributed by atoms with Crippen LogP contribution in [0.4, 0.5) is 4.79 Å². The van der Waals surface area contributed by atoms with Gasteiger partial charge in [0.05, 0.1) is 6.54 Å². The van der Waals surface area contributed by atoms with Gasteiger partial charge in [-0.2, -0.15) is 0 Å². The molecule has 0 radical (unpaired) electrons. The first kappa shape index (κ1) is 17.8. The molecule has 2 atom stereocenters. The zero-order chi connectivity index (χ0) is 19.3. The van der Waals surface area contributed by atoms with Gasteiger partial charge in [0.15, 0.2) is 0 Å². The summed E-state index contributed by atoms with van der Waals surface area (Å²) >= 11 is 0. The molecule has 1 aromatic heterocycles. The van der Waals surface area contributed by atoms with Gasteiger partial charge in [-0.05, 0) is 49.3 Å². The van der Waals surface area contributed by atoms with Crippen molar-refractivity contribution in [2.24, 2.45) is 5.92 Å². The standard InChI is InChI=1S/C21H24N2O4/c1-12-7-8-16-15(10-17(24)27-18(16)14(12)3)11-23-19(25)21(22-20(23)26)9-5-4-6-13(21)2/h7-8,10,13H,4-6,9,11H2,1-3H3,(H,22,26)/t13-,21-/m1/s1. The fourth-order valence-corrected chi connectivity index (χ4v) is 4.46. The van der Waals surface area contributed by atoms with E-state index in [-0.39, 0.29) is 24.4 Å². The highest BCUT2D eigenvalue weighted by Gasteiger charge is 2.54. The third-order valence-electron chi connectivity index (χ3n) is 6.35. The molecule has 3 amide bonds. The Bertz CT molecular complexity index is 1010. The molecule has 6 nitrogen and oxygen atoms in total. The molecule has 0 unspecified atom stereocenters. The molecule has 2 aliphatic rings. The lowest BCUT2D eigenvalue weighted by Crippen LogP contribution is -2.53. The van der Waals surface area contributed by atoms with Gasteiger partial charge in [0.2, 0.25) is 0 Å². The van der Waals surface area contributed by atoms with Crippen LogP contribution in [0.5, 0.6) is 0 Å². The Labute approximate surface area is 157 Å². The molecular weight excluding hydrogens is 344 g/mol. The molecule has 4 rings (SSSR count).